The topological polar surface area (TPSA) is 44.8 Å². The maximum Gasteiger partial charge on any atom is 0.252 e. The molecule has 0 aliphatic carbocycles. The molecular formula is C21H25Cl2N3O2. The molecule has 1 aliphatic rings. The number of morpholine rings is 1. The lowest BCUT2D eigenvalue weighted by atomic mass is 10.0. The van der Waals surface area contributed by atoms with Crippen molar-refractivity contribution in [2.75, 3.05) is 51.8 Å². The van der Waals surface area contributed by atoms with E-state index in [0.29, 0.717) is 35.4 Å². The van der Waals surface area contributed by atoms with Crippen molar-refractivity contribution >= 4 is 34.8 Å². The molecule has 0 radical (unpaired) electrons. The average Bonchev–Trinajstić information content (AvgIpc) is 2.69. The van der Waals surface area contributed by atoms with Crippen LogP contribution in [0.2, 0.25) is 10.0 Å². The van der Waals surface area contributed by atoms with Crippen LogP contribution in [0.5, 0.6) is 0 Å². The summed E-state index contributed by atoms with van der Waals surface area (Å²) in [5.41, 5.74) is 2.73. The van der Waals surface area contributed by atoms with Crippen LogP contribution in [0.4, 0.5) is 5.69 Å². The molecule has 2 aromatic rings. The standard InChI is InChI=1S/C21H25Cl2N3O2/c1-25(2)17-6-3-15(4-7-17)20(26-9-11-28-12-10-26)14-24-21(27)18-8-5-16(22)13-19(18)23/h3-8,13,20H,9-12,14H2,1-2H3,(H,24,27)/t20-/m0/s1. The van der Waals surface area contributed by atoms with Crippen molar-refractivity contribution < 1.29 is 9.53 Å². The molecule has 0 unspecified atom stereocenters. The first-order chi connectivity index (χ1) is 13.5. The Hall–Kier alpha value is -1.79. The Morgan fingerprint density at radius 3 is 2.43 bits per heavy atom. The quantitative estimate of drug-likeness (QED) is 0.768. The van der Waals surface area contributed by atoms with Crippen LogP contribution in [-0.4, -0.2) is 57.8 Å². The summed E-state index contributed by atoms with van der Waals surface area (Å²) in [6.45, 7) is 3.54. The third kappa shape index (κ3) is 5.17. The van der Waals surface area contributed by atoms with E-state index in [-0.39, 0.29) is 11.9 Å². The fourth-order valence-corrected chi connectivity index (χ4v) is 3.79. The van der Waals surface area contributed by atoms with Crippen LogP contribution in [0.15, 0.2) is 42.5 Å². The van der Waals surface area contributed by atoms with E-state index in [1.54, 1.807) is 18.2 Å². The molecule has 28 heavy (non-hydrogen) atoms. The van der Waals surface area contributed by atoms with E-state index < -0.39 is 0 Å². The highest BCUT2D eigenvalue weighted by Gasteiger charge is 2.24. The third-order valence-corrected chi connectivity index (χ3v) is 5.46. The number of anilines is 1. The van der Waals surface area contributed by atoms with Gasteiger partial charge in [0, 0.05) is 44.4 Å². The summed E-state index contributed by atoms with van der Waals surface area (Å²) in [5, 5.41) is 3.89. The Bertz CT molecular complexity index is 806. The van der Waals surface area contributed by atoms with Gasteiger partial charge in [0.15, 0.2) is 0 Å². The average molecular weight is 422 g/mol. The lowest BCUT2D eigenvalue weighted by Crippen LogP contribution is -2.43. The fraction of sp³-hybridized carbons (Fsp3) is 0.381. The van der Waals surface area contributed by atoms with Crippen LogP contribution in [0.3, 0.4) is 0 Å². The van der Waals surface area contributed by atoms with Gasteiger partial charge in [-0.25, -0.2) is 0 Å². The van der Waals surface area contributed by atoms with Crippen molar-refractivity contribution in [3.63, 3.8) is 0 Å². The lowest BCUT2D eigenvalue weighted by molar-refractivity contribution is 0.0162. The first-order valence-corrected chi connectivity index (χ1v) is 10.0. The molecule has 150 valence electrons. The van der Waals surface area contributed by atoms with Gasteiger partial charge in [0.1, 0.15) is 0 Å². The predicted octanol–water partition coefficient (Wildman–Crippen LogP) is 3.86. The number of carbonyl (C=O) groups excluding carboxylic acids is 1. The molecule has 3 rings (SSSR count). The van der Waals surface area contributed by atoms with Gasteiger partial charge in [0.05, 0.1) is 29.8 Å². The van der Waals surface area contributed by atoms with E-state index in [4.69, 9.17) is 27.9 Å². The first-order valence-electron chi connectivity index (χ1n) is 9.28. The second-order valence-electron chi connectivity index (χ2n) is 6.98. The van der Waals surface area contributed by atoms with Crippen LogP contribution in [-0.2, 0) is 4.74 Å². The molecule has 0 saturated carbocycles. The highest BCUT2D eigenvalue weighted by atomic mass is 35.5. The van der Waals surface area contributed by atoms with Crippen molar-refractivity contribution in [2.24, 2.45) is 0 Å². The van der Waals surface area contributed by atoms with E-state index in [9.17, 15) is 4.79 Å². The molecule has 0 spiro atoms. The molecule has 5 nitrogen and oxygen atoms in total. The van der Waals surface area contributed by atoms with Crippen molar-refractivity contribution in [3.8, 4) is 0 Å². The maximum absolute atomic E-state index is 12.7. The molecule has 1 N–H and O–H groups in total. The summed E-state index contributed by atoms with van der Waals surface area (Å²) in [6.07, 6.45) is 0. The molecule has 0 aromatic heterocycles. The minimum absolute atomic E-state index is 0.0649. The smallest absolute Gasteiger partial charge is 0.252 e. The Kier molecular flexibility index (Phi) is 7.18. The predicted molar refractivity (Wildman–Crippen MR) is 115 cm³/mol. The third-order valence-electron chi connectivity index (χ3n) is 4.91. The van der Waals surface area contributed by atoms with Gasteiger partial charge in [0.2, 0.25) is 0 Å². The second kappa shape index (κ2) is 9.61. The largest absolute Gasteiger partial charge is 0.379 e. The summed E-state index contributed by atoms with van der Waals surface area (Å²) in [7, 11) is 4.04. The van der Waals surface area contributed by atoms with Gasteiger partial charge in [-0.05, 0) is 35.9 Å². The Balaban J connectivity index is 1.76. The van der Waals surface area contributed by atoms with E-state index in [1.807, 2.05) is 14.1 Å². The molecule has 1 amide bonds. The van der Waals surface area contributed by atoms with Crippen LogP contribution >= 0.6 is 23.2 Å². The van der Waals surface area contributed by atoms with E-state index in [0.717, 1.165) is 24.3 Å². The van der Waals surface area contributed by atoms with Gasteiger partial charge < -0.3 is 15.0 Å². The van der Waals surface area contributed by atoms with Gasteiger partial charge in [-0.15, -0.1) is 0 Å². The molecule has 7 heteroatoms. The van der Waals surface area contributed by atoms with Crippen LogP contribution in [0.25, 0.3) is 0 Å². The van der Waals surface area contributed by atoms with Gasteiger partial charge in [-0.1, -0.05) is 35.3 Å². The fourth-order valence-electron chi connectivity index (χ4n) is 3.30. The van der Waals surface area contributed by atoms with Gasteiger partial charge >= 0.3 is 0 Å². The lowest BCUT2D eigenvalue weighted by Gasteiger charge is -2.35. The Morgan fingerprint density at radius 1 is 1.14 bits per heavy atom. The van der Waals surface area contributed by atoms with Crippen LogP contribution < -0.4 is 10.2 Å². The van der Waals surface area contributed by atoms with E-state index in [2.05, 4.69) is 39.4 Å². The van der Waals surface area contributed by atoms with Crippen molar-refractivity contribution in [1.29, 1.82) is 0 Å². The molecule has 1 fully saturated rings. The van der Waals surface area contributed by atoms with Crippen molar-refractivity contribution in [3.05, 3.63) is 63.6 Å². The molecular weight excluding hydrogens is 397 g/mol. The van der Waals surface area contributed by atoms with Crippen LogP contribution in [0.1, 0.15) is 22.0 Å². The van der Waals surface area contributed by atoms with Crippen molar-refractivity contribution in [2.45, 2.75) is 6.04 Å². The molecule has 1 aliphatic heterocycles. The monoisotopic (exact) mass is 421 g/mol. The second-order valence-corrected chi connectivity index (χ2v) is 7.83. The summed E-state index contributed by atoms with van der Waals surface area (Å²) in [5.74, 6) is -0.204. The molecule has 2 aromatic carbocycles. The van der Waals surface area contributed by atoms with Gasteiger partial charge in [0.25, 0.3) is 5.91 Å². The number of nitrogens with zero attached hydrogens (tertiary/aromatic N) is 2. The summed E-state index contributed by atoms with van der Waals surface area (Å²) in [4.78, 5) is 17.1. The highest BCUT2D eigenvalue weighted by molar-refractivity contribution is 6.36. The summed E-state index contributed by atoms with van der Waals surface area (Å²) >= 11 is 12.1. The van der Waals surface area contributed by atoms with Gasteiger partial charge in [-0.2, -0.15) is 0 Å². The first kappa shape index (κ1) is 20.9. The number of nitrogens with one attached hydrogen (secondary N) is 1. The molecule has 1 atom stereocenters. The number of carbonyl (C=O) groups is 1. The van der Waals surface area contributed by atoms with E-state index >= 15 is 0 Å². The normalized spacial score (nSPS) is 15.9. The number of ether oxygens (including phenoxy) is 1. The number of halogens is 2. The maximum atomic E-state index is 12.7. The zero-order valence-corrected chi connectivity index (χ0v) is 17.6. The van der Waals surface area contributed by atoms with Gasteiger partial charge in [-0.3, -0.25) is 9.69 Å². The van der Waals surface area contributed by atoms with Crippen molar-refractivity contribution in [1.82, 2.24) is 10.2 Å². The van der Waals surface area contributed by atoms with Crippen LogP contribution in [0, 0.1) is 0 Å². The zero-order valence-electron chi connectivity index (χ0n) is 16.1. The number of hydrogen-bond acceptors (Lipinski definition) is 4. The number of benzene rings is 2. The summed E-state index contributed by atoms with van der Waals surface area (Å²) in [6, 6.07) is 13.4. The number of hydrogen-bond donors (Lipinski definition) is 1. The number of rotatable bonds is 6. The molecule has 1 heterocycles. The zero-order chi connectivity index (χ0) is 20.1. The minimum Gasteiger partial charge on any atom is -0.379 e. The number of amides is 1. The Labute approximate surface area is 176 Å². The molecule has 1 saturated heterocycles. The highest BCUT2D eigenvalue weighted by Crippen LogP contribution is 2.25. The molecule has 0 bridgehead atoms. The Morgan fingerprint density at radius 2 is 1.82 bits per heavy atom. The summed E-state index contributed by atoms with van der Waals surface area (Å²) < 4.78 is 5.49. The minimum atomic E-state index is -0.204. The van der Waals surface area contributed by atoms with E-state index in [1.165, 1.54) is 0 Å². The SMILES string of the molecule is CN(C)c1ccc([C@H](CNC(=O)c2ccc(Cl)cc2Cl)N2CCOCC2)cc1.